The van der Waals surface area contributed by atoms with Crippen LogP contribution in [0.2, 0.25) is 0 Å². The van der Waals surface area contributed by atoms with Crippen LogP contribution in [0.15, 0.2) is 42.6 Å². The first-order chi connectivity index (χ1) is 16.1. The number of aliphatic hydroxyl groups excluding tert-OH is 1. The Kier molecular flexibility index (Phi) is 9.63. The third-order valence-corrected chi connectivity index (χ3v) is 6.58. The molecule has 0 bridgehead atoms. The number of pyridine rings is 1. The number of nitrogens with zero attached hydrogens (tertiary/aromatic N) is 3. The Morgan fingerprint density at radius 2 is 1.91 bits per heavy atom. The van der Waals surface area contributed by atoms with E-state index in [-0.39, 0.29) is 31.7 Å². The number of unbranched alkanes of at least 4 members (excludes halogenated alkanes) is 1. The van der Waals surface area contributed by atoms with Crippen molar-refractivity contribution >= 4 is 17.3 Å². The lowest BCUT2D eigenvalue weighted by molar-refractivity contribution is -0.120. The van der Waals surface area contributed by atoms with Gasteiger partial charge in [0.05, 0.1) is 17.4 Å². The van der Waals surface area contributed by atoms with Crippen LogP contribution in [0.3, 0.4) is 0 Å². The highest BCUT2D eigenvalue weighted by Gasteiger charge is 2.27. The molecule has 0 spiro atoms. The summed E-state index contributed by atoms with van der Waals surface area (Å²) in [5.74, 6) is -0.414. The van der Waals surface area contributed by atoms with E-state index < -0.39 is 0 Å². The first-order valence-electron chi connectivity index (χ1n) is 12.2. The van der Waals surface area contributed by atoms with Gasteiger partial charge in [0, 0.05) is 52.0 Å². The summed E-state index contributed by atoms with van der Waals surface area (Å²) in [5.41, 5.74) is 2.13. The molecule has 1 aliphatic heterocycles. The van der Waals surface area contributed by atoms with Crippen molar-refractivity contribution in [1.29, 1.82) is 0 Å². The highest BCUT2D eigenvalue weighted by molar-refractivity contribution is 5.92. The van der Waals surface area contributed by atoms with Gasteiger partial charge in [0.25, 0.3) is 0 Å². The summed E-state index contributed by atoms with van der Waals surface area (Å²) in [7, 11) is 0. The van der Waals surface area contributed by atoms with E-state index in [1.165, 1.54) is 6.07 Å². The molecule has 0 radical (unpaired) electrons. The van der Waals surface area contributed by atoms with Gasteiger partial charge in [-0.15, -0.1) is 0 Å². The van der Waals surface area contributed by atoms with Gasteiger partial charge in [-0.1, -0.05) is 19.9 Å². The van der Waals surface area contributed by atoms with E-state index in [4.69, 9.17) is 0 Å². The van der Waals surface area contributed by atoms with Crippen molar-refractivity contribution in [3.63, 3.8) is 0 Å². The minimum absolute atomic E-state index is 0. The predicted octanol–water partition coefficient (Wildman–Crippen LogP) is 4.87. The predicted molar refractivity (Wildman–Crippen MR) is 133 cm³/mol. The largest absolute Gasteiger partial charge is 0.396 e. The molecule has 3 rings (SSSR count). The molecule has 1 aromatic heterocycles. The summed E-state index contributed by atoms with van der Waals surface area (Å²) < 4.78 is 14.9. The van der Waals surface area contributed by atoms with Crippen LogP contribution in [-0.2, 0) is 4.79 Å². The maximum absolute atomic E-state index is 14.9. The number of aliphatic hydroxyl groups is 1. The minimum atomic E-state index is -0.310. The zero-order valence-corrected chi connectivity index (χ0v) is 19.8. The number of carbonyl (C=O) groups excluding carboxylic acids is 1. The van der Waals surface area contributed by atoms with Crippen LogP contribution >= 0.6 is 0 Å². The number of hydrogen-bond donors (Lipinski definition) is 2. The Hall–Kier alpha value is -2.51. The number of aromatic nitrogens is 1. The third kappa shape index (κ3) is 6.74. The molecular formula is C26H39FN4O2. The van der Waals surface area contributed by atoms with E-state index in [0.29, 0.717) is 11.4 Å². The number of piperazine rings is 1. The second-order valence-electron chi connectivity index (χ2n) is 8.68. The van der Waals surface area contributed by atoms with Crippen molar-refractivity contribution < 1.29 is 15.7 Å². The smallest absolute Gasteiger partial charge is 0.227 e. The highest BCUT2D eigenvalue weighted by Crippen LogP contribution is 2.29. The van der Waals surface area contributed by atoms with Gasteiger partial charge in [0.1, 0.15) is 5.82 Å². The monoisotopic (exact) mass is 458 g/mol. The van der Waals surface area contributed by atoms with Crippen LogP contribution in [0.4, 0.5) is 15.8 Å². The van der Waals surface area contributed by atoms with Crippen LogP contribution in [-0.4, -0.2) is 53.7 Å². The SMILES string of the molecule is CCC(CC)C(=O)Nc1ccc(N2CCN(C(CCCCO)c3ccccn3)CC2)c(F)c1.[HH]. The molecule has 2 aromatic rings. The molecule has 0 aliphatic carbocycles. The molecule has 1 unspecified atom stereocenters. The van der Waals surface area contributed by atoms with Gasteiger partial charge in [-0.25, -0.2) is 4.39 Å². The van der Waals surface area contributed by atoms with Crippen molar-refractivity contribution in [1.82, 2.24) is 9.88 Å². The van der Waals surface area contributed by atoms with E-state index in [2.05, 4.69) is 26.2 Å². The van der Waals surface area contributed by atoms with E-state index >= 15 is 0 Å². The van der Waals surface area contributed by atoms with E-state index in [1.54, 1.807) is 12.1 Å². The number of anilines is 2. The van der Waals surface area contributed by atoms with E-state index in [1.807, 2.05) is 32.2 Å². The molecule has 1 atom stereocenters. The lowest BCUT2D eigenvalue weighted by Crippen LogP contribution is -2.48. The number of benzene rings is 1. The van der Waals surface area contributed by atoms with Gasteiger partial charge in [0.2, 0.25) is 5.91 Å². The maximum Gasteiger partial charge on any atom is 0.227 e. The van der Waals surface area contributed by atoms with Gasteiger partial charge in [0.15, 0.2) is 0 Å². The molecule has 7 heteroatoms. The first-order valence-corrected chi connectivity index (χ1v) is 12.2. The maximum atomic E-state index is 14.9. The highest BCUT2D eigenvalue weighted by atomic mass is 19.1. The Bertz CT molecular complexity index is 874. The van der Waals surface area contributed by atoms with Crippen molar-refractivity contribution in [2.24, 2.45) is 5.92 Å². The van der Waals surface area contributed by atoms with E-state index in [9.17, 15) is 14.3 Å². The van der Waals surface area contributed by atoms with Gasteiger partial charge < -0.3 is 15.3 Å². The van der Waals surface area contributed by atoms with Crippen LogP contribution in [0.25, 0.3) is 0 Å². The fraction of sp³-hybridized carbons (Fsp3) is 0.538. The van der Waals surface area contributed by atoms with Crippen LogP contribution in [0.1, 0.15) is 59.1 Å². The summed E-state index contributed by atoms with van der Waals surface area (Å²) in [6.45, 7) is 7.25. The number of amides is 1. The van der Waals surface area contributed by atoms with E-state index in [0.717, 1.165) is 64.0 Å². The summed E-state index contributed by atoms with van der Waals surface area (Å²) in [6.07, 6.45) is 6.03. The molecule has 2 N–H and O–H groups in total. The second-order valence-corrected chi connectivity index (χ2v) is 8.68. The second kappa shape index (κ2) is 12.7. The molecule has 1 amide bonds. The molecule has 1 aromatic carbocycles. The Labute approximate surface area is 198 Å². The summed E-state index contributed by atoms with van der Waals surface area (Å²) in [5, 5.41) is 12.0. The van der Waals surface area contributed by atoms with Gasteiger partial charge in [-0.05, 0) is 62.4 Å². The van der Waals surface area contributed by atoms with Crippen LogP contribution in [0.5, 0.6) is 0 Å². The first kappa shape index (κ1) is 25.1. The van der Waals surface area contributed by atoms with Crippen LogP contribution in [0, 0.1) is 11.7 Å². The van der Waals surface area contributed by atoms with Crippen molar-refractivity contribution in [3.8, 4) is 0 Å². The summed E-state index contributed by atoms with van der Waals surface area (Å²) in [6, 6.07) is 11.2. The summed E-state index contributed by atoms with van der Waals surface area (Å²) in [4.78, 5) is 21.4. The molecule has 33 heavy (non-hydrogen) atoms. The van der Waals surface area contributed by atoms with Crippen LogP contribution < -0.4 is 10.2 Å². The molecular weight excluding hydrogens is 419 g/mol. The Balaban J connectivity index is 0.00000408. The average Bonchev–Trinajstić information content (AvgIpc) is 2.84. The molecule has 1 saturated heterocycles. The zero-order valence-electron chi connectivity index (χ0n) is 19.8. The molecule has 2 heterocycles. The fourth-order valence-electron chi connectivity index (χ4n) is 4.56. The standard InChI is InChI=1S/C26H37FN4O2.H2/c1-3-20(4-2)26(33)29-21-11-12-24(22(27)19-21)30-14-16-31(17-15-30)25(10-6-8-18-32)23-9-5-7-13-28-23;/h5,7,9,11-13,19-20,25,32H,3-4,6,8,10,14-18H2,1-2H3,(H,29,33);1H. The van der Waals surface area contributed by atoms with Crippen molar-refractivity contribution in [2.75, 3.05) is 43.0 Å². The average molecular weight is 459 g/mol. The third-order valence-electron chi connectivity index (χ3n) is 6.58. The van der Waals surface area contributed by atoms with Crippen molar-refractivity contribution in [2.45, 2.75) is 52.0 Å². The summed E-state index contributed by atoms with van der Waals surface area (Å²) >= 11 is 0. The van der Waals surface area contributed by atoms with Crippen molar-refractivity contribution in [3.05, 3.63) is 54.1 Å². The number of nitrogens with one attached hydrogen (secondary N) is 1. The quantitative estimate of drug-likeness (QED) is 0.470. The lowest BCUT2D eigenvalue weighted by atomic mass is 10.0. The van der Waals surface area contributed by atoms with Gasteiger partial charge >= 0.3 is 0 Å². The molecule has 6 nitrogen and oxygen atoms in total. The number of rotatable bonds is 11. The number of halogens is 1. The normalized spacial score (nSPS) is 15.6. The Morgan fingerprint density at radius 3 is 2.52 bits per heavy atom. The molecule has 1 fully saturated rings. The molecule has 1 aliphatic rings. The topological polar surface area (TPSA) is 68.7 Å². The lowest BCUT2D eigenvalue weighted by Gasteiger charge is -2.40. The van der Waals surface area contributed by atoms with Gasteiger partial charge in [-0.2, -0.15) is 0 Å². The Morgan fingerprint density at radius 1 is 1.15 bits per heavy atom. The number of carbonyl (C=O) groups is 1. The number of hydrogen-bond acceptors (Lipinski definition) is 5. The molecule has 0 saturated carbocycles. The van der Waals surface area contributed by atoms with Gasteiger partial charge in [-0.3, -0.25) is 14.7 Å². The fourth-order valence-corrected chi connectivity index (χ4v) is 4.56. The molecule has 182 valence electrons. The zero-order chi connectivity index (χ0) is 23.6. The minimum Gasteiger partial charge on any atom is -0.396 e.